The molecule has 2 fully saturated rings. The average molecular weight is 279 g/mol. The summed E-state index contributed by atoms with van der Waals surface area (Å²) in [7, 11) is 0. The molecule has 112 valence electrons. The Bertz CT molecular complexity index is 407. The Morgan fingerprint density at radius 2 is 2.10 bits per heavy atom. The van der Waals surface area contributed by atoms with E-state index in [0.29, 0.717) is 18.4 Å². The quantitative estimate of drug-likeness (QED) is 0.918. The predicted octanol–water partition coefficient (Wildman–Crippen LogP) is 2.80. The average Bonchev–Trinajstić information content (AvgIpc) is 2.99. The van der Waals surface area contributed by atoms with Gasteiger partial charge >= 0.3 is 0 Å². The fourth-order valence-corrected chi connectivity index (χ4v) is 3.39. The second-order valence-corrected chi connectivity index (χ2v) is 6.06. The molecule has 1 aromatic rings. The van der Waals surface area contributed by atoms with Crippen LogP contribution in [0.3, 0.4) is 0 Å². The van der Waals surface area contributed by atoms with Crippen LogP contribution in [0.2, 0.25) is 0 Å². The molecular formula is C15H25N3O2. The summed E-state index contributed by atoms with van der Waals surface area (Å²) >= 11 is 0. The summed E-state index contributed by atoms with van der Waals surface area (Å²) < 4.78 is 11.1. The van der Waals surface area contributed by atoms with Gasteiger partial charge in [0.1, 0.15) is 6.10 Å². The van der Waals surface area contributed by atoms with Gasteiger partial charge in [-0.25, -0.2) is 0 Å². The van der Waals surface area contributed by atoms with Crippen molar-refractivity contribution in [2.24, 2.45) is 5.92 Å². The van der Waals surface area contributed by atoms with Crippen LogP contribution >= 0.6 is 0 Å². The standard InChI is InChI=1S/C15H25N3O2/c1-2-3-11-4-6-12(7-5-11)14-17-15(20-18-14)13-10-16-8-9-19-13/h11-13,16H,2-10H2,1H3. The summed E-state index contributed by atoms with van der Waals surface area (Å²) in [5, 5.41) is 7.48. The van der Waals surface area contributed by atoms with Gasteiger partial charge < -0.3 is 14.6 Å². The molecule has 20 heavy (non-hydrogen) atoms. The highest BCUT2D eigenvalue weighted by Gasteiger charge is 2.28. The SMILES string of the molecule is CCCC1CCC(c2noc(C3CNCCO3)n2)CC1. The van der Waals surface area contributed by atoms with Crippen LogP contribution < -0.4 is 5.32 Å². The van der Waals surface area contributed by atoms with Gasteiger partial charge in [0.25, 0.3) is 5.89 Å². The van der Waals surface area contributed by atoms with Gasteiger partial charge in [-0.15, -0.1) is 0 Å². The first-order valence-electron chi connectivity index (χ1n) is 8.02. The highest BCUT2D eigenvalue weighted by atomic mass is 16.5. The van der Waals surface area contributed by atoms with E-state index in [0.717, 1.165) is 24.8 Å². The number of rotatable bonds is 4. The van der Waals surface area contributed by atoms with E-state index in [2.05, 4.69) is 22.4 Å². The molecule has 1 saturated heterocycles. The van der Waals surface area contributed by atoms with E-state index >= 15 is 0 Å². The van der Waals surface area contributed by atoms with Crippen LogP contribution in [0.5, 0.6) is 0 Å². The number of hydrogen-bond donors (Lipinski definition) is 1. The van der Waals surface area contributed by atoms with Crippen molar-refractivity contribution in [3.05, 3.63) is 11.7 Å². The highest BCUT2D eigenvalue weighted by molar-refractivity contribution is 5.00. The Hall–Kier alpha value is -0.940. The van der Waals surface area contributed by atoms with E-state index in [1.54, 1.807) is 0 Å². The normalized spacial score (nSPS) is 31.4. The Kier molecular flexibility index (Phi) is 4.68. The fourth-order valence-electron chi connectivity index (χ4n) is 3.39. The molecule has 1 saturated carbocycles. The topological polar surface area (TPSA) is 60.2 Å². The second-order valence-electron chi connectivity index (χ2n) is 6.06. The van der Waals surface area contributed by atoms with Crippen molar-refractivity contribution in [1.82, 2.24) is 15.5 Å². The van der Waals surface area contributed by atoms with E-state index in [-0.39, 0.29) is 6.10 Å². The van der Waals surface area contributed by atoms with E-state index in [1.165, 1.54) is 38.5 Å². The lowest BCUT2D eigenvalue weighted by Gasteiger charge is -2.26. The molecule has 0 spiro atoms. The van der Waals surface area contributed by atoms with Crippen LogP contribution in [0.15, 0.2) is 4.52 Å². The van der Waals surface area contributed by atoms with Gasteiger partial charge in [-0.3, -0.25) is 0 Å². The van der Waals surface area contributed by atoms with Crippen molar-refractivity contribution in [3.63, 3.8) is 0 Å². The molecule has 2 heterocycles. The van der Waals surface area contributed by atoms with E-state index in [4.69, 9.17) is 9.26 Å². The van der Waals surface area contributed by atoms with Crippen LogP contribution in [0.4, 0.5) is 0 Å². The molecule has 1 aromatic heterocycles. The summed E-state index contributed by atoms with van der Waals surface area (Å²) in [6.45, 7) is 4.66. The largest absolute Gasteiger partial charge is 0.366 e. The summed E-state index contributed by atoms with van der Waals surface area (Å²) in [6.07, 6.45) is 7.62. The van der Waals surface area contributed by atoms with Crippen molar-refractivity contribution >= 4 is 0 Å². The van der Waals surface area contributed by atoms with Gasteiger partial charge in [0.05, 0.1) is 6.61 Å². The van der Waals surface area contributed by atoms with E-state index < -0.39 is 0 Å². The van der Waals surface area contributed by atoms with Gasteiger partial charge in [0, 0.05) is 19.0 Å². The maximum Gasteiger partial charge on any atom is 0.257 e. The molecule has 1 unspecified atom stereocenters. The maximum atomic E-state index is 5.65. The molecule has 2 aliphatic rings. The van der Waals surface area contributed by atoms with Gasteiger partial charge in [0.2, 0.25) is 0 Å². The van der Waals surface area contributed by atoms with Crippen molar-refractivity contribution < 1.29 is 9.26 Å². The Labute approximate surface area is 120 Å². The number of nitrogens with one attached hydrogen (secondary N) is 1. The Morgan fingerprint density at radius 1 is 1.25 bits per heavy atom. The lowest BCUT2D eigenvalue weighted by molar-refractivity contribution is 0.00755. The third-order valence-corrected chi connectivity index (χ3v) is 4.57. The molecule has 1 N–H and O–H groups in total. The fraction of sp³-hybridized carbons (Fsp3) is 0.867. The lowest BCUT2D eigenvalue weighted by atomic mass is 9.80. The summed E-state index contributed by atoms with van der Waals surface area (Å²) in [5.74, 6) is 2.93. The Balaban J connectivity index is 1.57. The van der Waals surface area contributed by atoms with E-state index in [9.17, 15) is 0 Å². The van der Waals surface area contributed by atoms with Crippen LogP contribution in [-0.2, 0) is 4.74 Å². The lowest BCUT2D eigenvalue weighted by Crippen LogP contribution is -2.33. The second kappa shape index (κ2) is 6.68. The van der Waals surface area contributed by atoms with Gasteiger partial charge in [-0.05, 0) is 31.6 Å². The predicted molar refractivity (Wildman–Crippen MR) is 75.5 cm³/mol. The number of aromatic nitrogens is 2. The summed E-state index contributed by atoms with van der Waals surface area (Å²) in [5.41, 5.74) is 0. The van der Waals surface area contributed by atoms with Gasteiger partial charge in [0.15, 0.2) is 5.82 Å². The number of ether oxygens (including phenoxy) is 1. The Morgan fingerprint density at radius 3 is 2.80 bits per heavy atom. The first-order chi connectivity index (χ1) is 9.86. The van der Waals surface area contributed by atoms with Crippen LogP contribution in [-0.4, -0.2) is 29.8 Å². The molecule has 5 nitrogen and oxygen atoms in total. The molecule has 0 bridgehead atoms. The van der Waals surface area contributed by atoms with Crippen molar-refractivity contribution in [3.8, 4) is 0 Å². The maximum absolute atomic E-state index is 5.65. The molecule has 0 aromatic carbocycles. The molecule has 5 heteroatoms. The molecule has 3 rings (SSSR count). The van der Waals surface area contributed by atoms with Crippen molar-refractivity contribution in [2.75, 3.05) is 19.7 Å². The first-order valence-corrected chi connectivity index (χ1v) is 8.02. The zero-order valence-electron chi connectivity index (χ0n) is 12.3. The van der Waals surface area contributed by atoms with Crippen molar-refractivity contribution in [1.29, 1.82) is 0 Å². The third-order valence-electron chi connectivity index (χ3n) is 4.57. The van der Waals surface area contributed by atoms with E-state index in [1.807, 2.05) is 0 Å². The molecule has 1 aliphatic heterocycles. The zero-order valence-corrected chi connectivity index (χ0v) is 12.3. The zero-order chi connectivity index (χ0) is 13.8. The minimum Gasteiger partial charge on any atom is -0.366 e. The highest BCUT2D eigenvalue weighted by Crippen LogP contribution is 2.36. The van der Waals surface area contributed by atoms with Crippen LogP contribution in [0.1, 0.15) is 69.2 Å². The van der Waals surface area contributed by atoms with Crippen molar-refractivity contribution in [2.45, 2.75) is 57.5 Å². The first kappa shape index (κ1) is 14.0. The smallest absolute Gasteiger partial charge is 0.257 e. The molecule has 1 atom stereocenters. The monoisotopic (exact) mass is 279 g/mol. The number of hydrogen-bond acceptors (Lipinski definition) is 5. The van der Waals surface area contributed by atoms with Gasteiger partial charge in [-0.2, -0.15) is 4.98 Å². The summed E-state index contributed by atoms with van der Waals surface area (Å²) in [4.78, 5) is 4.59. The molecule has 0 amide bonds. The number of nitrogens with zero attached hydrogens (tertiary/aromatic N) is 2. The minimum atomic E-state index is -0.0681. The molecular weight excluding hydrogens is 254 g/mol. The third kappa shape index (κ3) is 3.20. The van der Waals surface area contributed by atoms with Crippen LogP contribution in [0, 0.1) is 5.92 Å². The summed E-state index contributed by atoms with van der Waals surface area (Å²) in [6, 6.07) is 0. The molecule has 0 radical (unpaired) electrons. The van der Waals surface area contributed by atoms with Crippen LogP contribution in [0.25, 0.3) is 0 Å². The molecule has 1 aliphatic carbocycles. The minimum absolute atomic E-state index is 0.0681. The number of morpholine rings is 1. The van der Waals surface area contributed by atoms with Gasteiger partial charge in [-0.1, -0.05) is 24.9 Å².